The first-order valence-electron chi connectivity index (χ1n) is 23.0. The van der Waals surface area contributed by atoms with Crippen molar-refractivity contribution in [3.63, 3.8) is 0 Å². The van der Waals surface area contributed by atoms with Gasteiger partial charge in [-0.2, -0.15) is 49.7 Å². The van der Waals surface area contributed by atoms with Crippen LogP contribution in [0.1, 0.15) is 141 Å². The number of alkyl halides is 9. The molecule has 1 saturated carbocycles. The SMILES string of the molecule is CCC(CC)C(=O)/C=C(\O)C(CC)CC.[2H]C([2H])([2H])c1nnc(-c2[c-]c3ccccc3c(C3([2H])CCCCC3)c2)cc1-c1c(C(F)(F)F)cc(C([2H])([2H])C(C)(C)C(F)(F)F)cc1C(F)(F)F.[Ir]. The van der Waals surface area contributed by atoms with Crippen LogP contribution in [0.2, 0.25) is 0 Å². The predicted octanol–water partition coefficient (Wildman–Crippen LogP) is 15.2. The van der Waals surface area contributed by atoms with Gasteiger partial charge >= 0.3 is 18.5 Å². The van der Waals surface area contributed by atoms with Crippen LogP contribution in [0.5, 0.6) is 0 Å². The average Bonchev–Trinajstić information content (AvgIpc) is 3.22. The maximum atomic E-state index is 14.8. The first-order valence-corrected chi connectivity index (χ1v) is 20.0. The third-order valence-corrected chi connectivity index (χ3v) is 10.9. The standard InChI is InChI=1S/C34H30F9N2.C13H24O2.Ir/c1-19-25(30-27(32(35,36)37)13-20(14-28(30)33(38,39)40)18-31(2,3)34(41,42)43)17-29(45-44-19)23-15-22-11-7-8-12-24(22)26(16-23)21-9-5-4-6-10-21;1-5-10(6-2)12(14)9-13(15)11(7-3)8-4;/h7-8,11-14,16-17,21H,4-6,9-10,18H2,1-3H3;9-11,14H,5-8H2,1-4H3;/q-1;;/b;12-9-;/i1D3,18D2,21D;;. The molecule has 0 bridgehead atoms. The number of aliphatic hydroxyl groups excluding tert-OH is 1. The Kier molecular flexibility index (Phi) is 14.7. The summed E-state index contributed by atoms with van der Waals surface area (Å²) in [5.41, 5.74) is -13.6. The molecule has 0 aliphatic heterocycles. The summed E-state index contributed by atoms with van der Waals surface area (Å²) in [5.74, 6) is -0.561. The maximum absolute atomic E-state index is 14.8. The zero-order valence-corrected chi connectivity index (χ0v) is 37.1. The molecule has 1 heterocycles. The molecule has 4 aromatic rings. The molecule has 0 amide bonds. The summed E-state index contributed by atoms with van der Waals surface area (Å²) in [6.07, 6.45) is -12.6. The second-order valence-corrected chi connectivity index (χ2v) is 15.5. The molecule has 1 aliphatic rings. The average molecular weight is 1050 g/mol. The van der Waals surface area contributed by atoms with E-state index in [0.717, 1.165) is 44.9 Å². The number of nitrogens with zero attached hydrogens (tertiary/aromatic N) is 2. The molecule has 0 spiro atoms. The zero-order valence-electron chi connectivity index (χ0n) is 40.7. The molecule has 0 atom stereocenters. The number of allylic oxidation sites excluding steroid dienone is 2. The number of hydrogen-bond acceptors (Lipinski definition) is 4. The van der Waals surface area contributed by atoms with Gasteiger partial charge in [0.15, 0.2) is 5.78 Å². The van der Waals surface area contributed by atoms with E-state index in [9.17, 15) is 50.8 Å². The van der Waals surface area contributed by atoms with Crippen molar-refractivity contribution in [2.45, 2.75) is 137 Å². The molecule has 5 rings (SSSR count). The van der Waals surface area contributed by atoms with Gasteiger partial charge in [0.25, 0.3) is 0 Å². The minimum Gasteiger partial charge on any atom is -0.512 e. The number of halogens is 9. The van der Waals surface area contributed by atoms with E-state index in [-0.39, 0.29) is 66.9 Å². The smallest absolute Gasteiger partial charge is 0.417 e. The van der Waals surface area contributed by atoms with E-state index in [4.69, 9.17) is 6.85 Å². The van der Waals surface area contributed by atoms with Crippen LogP contribution >= 0.6 is 0 Å². The Balaban J connectivity index is 0.000000639. The van der Waals surface area contributed by atoms with Gasteiger partial charge in [-0.05, 0) is 75.3 Å². The van der Waals surface area contributed by atoms with Gasteiger partial charge < -0.3 is 5.11 Å². The summed E-state index contributed by atoms with van der Waals surface area (Å²) >= 11 is 0. The van der Waals surface area contributed by atoms with Crippen molar-refractivity contribution < 1.29 is 77.7 Å². The fourth-order valence-corrected chi connectivity index (χ4v) is 7.29. The van der Waals surface area contributed by atoms with Gasteiger partial charge in [0, 0.05) is 63.1 Å². The Bertz CT molecular complexity index is 2350. The van der Waals surface area contributed by atoms with Crippen molar-refractivity contribution in [1.82, 2.24) is 10.2 Å². The first-order chi connectivity index (χ1) is 30.3. The van der Waals surface area contributed by atoms with Crippen molar-refractivity contribution in [3.8, 4) is 22.4 Å². The third-order valence-electron chi connectivity index (χ3n) is 10.9. The summed E-state index contributed by atoms with van der Waals surface area (Å²) in [5, 5.41) is 18.3. The molecule has 4 nitrogen and oxygen atoms in total. The second-order valence-electron chi connectivity index (χ2n) is 15.5. The molecular weight excluding hydrogens is 988 g/mol. The Labute approximate surface area is 374 Å². The molecule has 1 aromatic heterocycles. The number of benzene rings is 3. The van der Waals surface area contributed by atoms with Crippen LogP contribution in [0.4, 0.5) is 39.5 Å². The van der Waals surface area contributed by atoms with Gasteiger partial charge in [-0.25, -0.2) is 0 Å². The zero-order chi connectivity index (χ0) is 50.0. The Hall–Kier alpha value is -3.77. The normalized spacial score (nSPS) is 17.0. The fourth-order valence-electron chi connectivity index (χ4n) is 7.29. The molecule has 337 valence electrons. The first kappa shape index (κ1) is 42.5. The number of carbonyl (C=O) groups is 1. The molecule has 1 fully saturated rings. The molecular formula is C47H54F9IrN2O2-. The van der Waals surface area contributed by atoms with E-state index in [0.29, 0.717) is 49.1 Å². The van der Waals surface area contributed by atoms with Gasteiger partial charge in [-0.15, -0.1) is 29.1 Å². The van der Waals surface area contributed by atoms with Crippen LogP contribution in [0.3, 0.4) is 0 Å². The minimum absolute atomic E-state index is 0. The largest absolute Gasteiger partial charge is 0.512 e. The molecule has 1 N–H and O–H groups in total. The number of fused-ring (bicyclic) bond motifs is 1. The van der Waals surface area contributed by atoms with Gasteiger partial charge in [0.2, 0.25) is 0 Å². The van der Waals surface area contributed by atoms with Crippen molar-refractivity contribution in [2.75, 3.05) is 0 Å². The number of hydrogen-bond donors (Lipinski definition) is 1. The summed E-state index contributed by atoms with van der Waals surface area (Å²) in [4.78, 5) is 11.7. The van der Waals surface area contributed by atoms with Crippen molar-refractivity contribution in [3.05, 3.63) is 94.4 Å². The predicted molar refractivity (Wildman–Crippen MR) is 217 cm³/mol. The summed E-state index contributed by atoms with van der Waals surface area (Å²) < 4.78 is 180. The summed E-state index contributed by atoms with van der Waals surface area (Å²) in [7, 11) is 0. The summed E-state index contributed by atoms with van der Waals surface area (Å²) in [6.45, 7) is 5.23. The fraction of sp³-hybridized carbons (Fsp3) is 0.511. The van der Waals surface area contributed by atoms with Gasteiger partial charge in [-0.3, -0.25) is 4.79 Å². The topological polar surface area (TPSA) is 63.1 Å². The number of carbonyl (C=O) groups excluding carboxylic acids is 1. The van der Waals surface area contributed by atoms with Crippen LogP contribution in [-0.2, 0) is 43.6 Å². The van der Waals surface area contributed by atoms with Crippen LogP contribution < -0.4 is 0 Å². The number of aliphatic hydroxyl groups is 1. The Morgan fingerprint density at radius 3 is 1.93 bits per heavy atom. The van der Waals surface area contributed by atoms with E-state index < -0.39 is 76.6 Å². The Morgan fingerprint density at radius 1 is 0.869 bits per heavy atom. The quantitative estimate of drug-likeness (QED) is 0.0665. The number of aromatic nitrogens is 2. The molecule has 0 saturated heterocycles. The van der Waals surface area contributed by atoms with Crippen LogP contribution in [-0.4, -0.2) is 27.3 Å². The second kappa shape index (κ2) is 21.1. The van der Waals surface area contributed by atoms with E-state index in [1.165, 1.54) is 12.1 Å². The van der Waals surface area contributed by atoms with Crippen molar-refractivity contribution in [2.24, 2.45) is 17.3 Å². The van der Waals surface area contributed by atoms with E-state index in [2.05, 4.69) is 16.3 Å². The van der Waals surface area contributed by atoms with Gasteiger partial charge in [0.1, 0.15) is 0 Å². The van der Waals surface area contributed by atoms with Crippen molar-refractivity contribution in [1.29, 1.82) is 0 Å². The molecule has 14 heteroatoms. The van der Waals surface area contributed by atoms with E-state index >= 15 is 0 Å². The molecule has 1 aliphatic carbocycles. The maximum Gasteiger partial charge on any atom is 0.417 e. The number of rotatable bonds is 12. The van der Waals surface area contributed by atoms with E-state index in [1.807, 2.05) is 27.7 Å². The van der Waals surface area contributed by atoms with Gasteiger partial charge in [-0.1, -0.05) is 96.0 Å². The van der Waals surface area contributed by atoms with Crippen molar-refractivity contribution >= 4 is 16.6 Å². The van der Waals surface area contributed by atoms with Crippen LogP contribution in [0, 0.1) is 30.2 Å². The summed E-state index contributed by atoms with van der Waals surface area (Å²) in [6, 6.07) is 11.6. The third kappa shape index (κ3) is 12.7. The molecule has 0 unspecified atom stereocenters. The number of ketones is 1. The monoisotopic (exact) mass is 1050 g/mol. The van der Waals surface area contributed by atoms with Gasteiger partial charge in [0.05, 0.1) is 28.0 Å². The molecule has 3 aromatic carbocycles. The Morgan fingerprint density at radius 2 is 1.43 bits per heavy atom. The van der Waals surface area contributed by atoms with Crippen LogP contribution in [0.15, 0.2) is 60.4 Å². The minimum atomic E-state index is -5.76. The number of aryl methyl sites for hydroxylation is 1. The molecule has 1 radical (unpaired) electrons. The van der Waals surface area contributed by atoms with Crippen LogP contribution in [0.25, 0.3) is 33.2 Å². The van der Waals surface area contributed by atoms with E-state index in [1.54, 1.807) is 24.3 Å². The molecule has 61 heavy (non-hydrogen) atoms.